The molecule has 4 nitrogen and oxygen atoms in total. The van der Waals surface area contributed by atoms with Crippen molar-refractivity contribution >= 4 is 45.5 Å². The number of aromatic nitrogens is 2. The Labute approximate surface area is 135 Å². The maximum Gasteiger partial charge on any atom is 0.0837 e. The Hall–Kier alpha value is -0.150. The normalized spacial score (nSPS) is 13.2. The van der Waals surface area contributed by atoms with Crippen LogP contribution in [0, 0.1) is 2.88 Å². The third-order valence-electron chi connectivity index (χ3n) is 2.83. The van der Waals surface area contributed by atoms with Gasteiger partial charge in [0, 0.05) is 6.54 Å². The van der Waals surface area contributed by atoms with Crippen LogP contribution in [-0.2, 0) is 6.54 Å². The van der Waals surface area contributed by atoms with E-state index in [1.54, 1.807) is 17.5 Å². The molecule has 0 radical (unpaired) electrons. The molecule has 0 aliphatic heterocycles. The largest absolute Gasteiger partial charge is 0.319 e. The lowest BCUT2D eigenvalue weighted by Crippen LogP contribution is -2.23. The number of nitrogens with zero attached hydrogens (tertiary/aromatic N) is 3. The predicted octanol–water partition coefficient (Wildman–Crippen LogP) is 2.81. The Morgan fingerprint density at radius 2 is 2.32 bits per heavy atom. The number of nitrogens with two attached hydrogens (primary N) is 1. The molecule has 2 N–H and O–H groups in total. The van der Waals surface area contributed by atoms with Crippen LogP contribution in [0.2, 0.25) is 5.02 Å². The van der Waals surface area contributed by atoms with Gasteiger partial charge in [-0.2, -0.15) is 5.10 Å². The standard InChI is InChI=1S/C12H16ClIN4S/c1-17(2)3-4-18-12(9(13)6-16-18)11(15)8-5-10(14)19-7-8/h5-7,11H,3-4,15H2,1-2H3. The second-order valence-electron chi connectivity index (χ2n) is 4.57. The van der Waals surface area contributed by atoms with Crippen molar-refractivity contribution in [2.45, 2.75) is 12.6 Å². The first-order valence-electron chi connectivity index (χ1n) is 5.84. The van der Waals surface area contributed by atoms with Crippen LogP contribution < -0.4 is 5.73 Å². The molecule has 2 heterocycles. The van der Waals surface area contributed by atoms with Gasteiger partial charge in [-0.05, 0) is 53.7 Å². The van der Waals surface area contributed by atoms with Gasteiger partial charge in [0.2, 0.25) is 0 Å². The highest BCUT2D eigenvalue weighted by molar-refractivity contribution is 14.1. The highest BCUT2D eigenvalue weighted by Crippen LogP contribution is 2.29. The molecule has 2 rings (SSSR count). The van der Waals surface area contributed by atoms with E-state index in [4.69, 9.17) is 17.3 Å². The van der Waals surface area contributed by atoms with Crippen molar-refractivity contribution in [1.82, 2.24) is 14.7 Å². The van der Waals surface area contributed by atoms with Gasteiger partial charge in [0.05, 0.1) is 32.4 Å². The van der Waals surface area contributed by atoms with E-state index in [0.717, 1.165) is 24.3 Å². The molecule has 2 aromatic heterocycles. The zero-order valence-corrected chi connectivity index (χ0v) is 14.5. The predicted molar refractivity (Wildman–Crippen MR) is 88.9 cm³/mol. The molecular weight excluding hydrogens is 395 g/mol. The van der Waals surface area contributed by atoms with Crippen LogP contribution >= 0.6 is 45.5 Å². The van der Waals surface area contributed by atoms with Crippen LogP contribution in [0.25, 0.3) is 0 Å². The SMILES string of the molecule is CN(C)CCn1ncc(Cl)c1C(N)c1csc(I)c1. The summed E-state index contributed by atoms with van der Waals surface area (Å²) >= 11 is 10.2. The fraction of sp³-hybridized carbons (Fsp3) is 0.417. The van der Waals surface area contributed by atoms with Crippen molar-refractivity contribution in [2.75, 3.05) is 20.6 Å². The fourth-order valence-corrected chi connectivity index (χ4v) is 3.47. The summed E-state index contributed by atoms with van der Waals surface area (Å²) in [6.45, 7) is 1.68. The molecule has 0 fully saturated rings. The molecule has 0 aliphatic rings. The van der Waals surface area contributed by atoms with Crippen molar-refractivity contribution in [1.29, 1.82) is 0 Å². The molecule has 0 saturated heterocycles. The minimum absolute atomic E-state index is 0.225. The smallest absolute Gasteiger partial charge is 0.0837 e. The van der Waals surface area contributed by atoms with Crippen molar-refractivity contribution in [2.24, 2.45) is 5.73 Å². The summed E-state index contributed by atoms with van der Waals surface area (Å²) in [6.07, 6.45) is 1.67. The van der Waals surface area contributed by atoms with E-state index in [2.05, 4.69) is 44.0 Å². The molecule has 1 atom stereocenters. The van der Waals surface area contributed by atoms with Crippen LogP contribution in [0.5, 0.6) is 0 Å². The Bertz CT molecular complexity index is 552. The topological polar surface area (TPSA) is 47.1 Å². The molecule has 19 heavy (non-hydrogen) atoms. The first-order valence-corrected chi connectivity index (χ1v) is 8.18. The fourth-order valence-electron chi connectivity index (χ4n) is 1.80. The summed E-state index contributed by atoms with van der Waals surface area (Å²) in [5.41, 5.74) is 8.30. The second kappa shape index (κ2) is 6.53. The zero-order chi connectivity index (χ0) is 14.0. The van der Waals surface area contributed by atoms with E-state index in [1.165, 1.54) is 2.88 Å². The van der Waals surface area contributed by atoms with Gasteiger partial charge in [-0.1, -0.05) is 11.6 Å². The van der Waals surface area contributed by atoms with E-state index in [9.17, 15) is 0 Å². The van der Waals surface area contributed by atoms with Crippen LogP contribution in [0.3, 0.4) is 0 Å². The Morgan fingerprint density at radius 1 is 1.58 bits per heavy atom. The molecule has 2 aromatic rings. The first-order chi connectivity index (χ1) is 8.99. The van der Waals surface area contributed by atoms with Gasteiger partial charge >= 0.3 is 0 Å². The number of halogens is 2. The monoisotopic (exact) mass is 410 g/mol. The van der Waals surface area contributed by atoms with Gasteiger partial charge in [0.1, 0.15) is 0 Å². The lowest BCUT2D eigenvalue weighted by atomic mass is 10.1. The summed E-state index contributed by atoms with van der Waals surface area (Å²) in [4.78, 5) is 2.11. The lowest BCUT2D eigenvalue weighted by Gasteiger charge is -2.16. The third kappa shape index (κ3) is 3.69. The van der Waals surface area contributed by atoms with Crippen LogP contribution in [0.4, 0.5) is 0 Å². The summed E-state index contributed by atoms with van der Waals surface area (Å²) < 4.78 is 3.12. The van der Waals surface area contributed by atoms with Crippen molar-refractivity contribution in [3.8, 4) is 0 Å². The summed E-state index contributed by atoms with van der Waals surface area (Å²) in [5, 5.41) is 7.03. The number of likely N-dealkylation sites (N-methyl/N-ethyl adjacent to an activating group) is 1. The molecule has 1 unspecified atom stereocenters. The third-order valence-corrected chi connectivity index (χ3v) is 4.93. The molecule has 0 spiro atoms. The van der Waals surface area contributed by atoms with Gasteiger partial charge in [-0.3, -0.25) is 4.68 Å². The molecule has 0 saturated carbocycles. The number of thiophene rings is 1. The molecular formula is C12H16ClIN4S. The summed E-state index contributed by atoms with van der Waals surface area (Å²) in [7, 11) is 4.07. The summed E-state index contributed by atoms with van der Waals surface area (Å²) in [6, 6.07) is 1.87. The average Bonchev–Trinajstić information content (AvgIpc) is 2.92. The van der Waals surface area contributed by atoms with Crippen molar-refractivity contribution in [3.05, 3.63) is 36.8 Å². The van der Waals surface area contributed by atoms with Crippen molar-refractivity contribution < 1.29 is 0 Å². The highest BCUT2D eigenvalue weighted by atomic mass is 127. The van der Waals surface area contributed by atoms with Crippen molar-refractivity contribution in [3.63, 3.8) is 0 Å². The molecule has 104 valence electrons. The molecule has 0 amide bonds. The van der Waals surface area contributed by atoms with Crippen LogP contribution in [0.1, 0.15) is 17.3 Å². The lowest BCUT2D eigenvalue weighted by molar-refractivity contribution is 0.368. The maximum absolute atomic E-state index is 6.33. The Kier molecular flexibility index (Phi) is 5.24. The van der Waals surface area contributed by atoms with E-state index in [0.29, 0.717) is 5.02 Å². The number of hydrogen-bond donors (Lipinski definition) is 1. The second-order valence-corrected chi connectivity index (χ2v) is 7.78. The Balaban J connectivity index is 2.25. The van der Waals surface area contributed by atoms with Crippen LogP contribution in [-0.4, -0.2) is 35.3 Å². The first kappa shape index (κ1) is 15.2. The number of hydrogen-bond acceptors (Lipinski definition) is 4. The average molecular weight is 411 g/mol. The molecule has 0 bridgehead atoms. The van der Waals surface area contributed by atoms with E-state index in [-0.39, 0.29) is 6.04 Å². The molecule has 7 heteroatoms. The zero-order valence-electron chi connectivity index (χ0n) is 10.8. The number of rotatable bonds is 5. The van der Waals surface area contributed by atoms with E-state index < -0.39 is 0 Å². The highest BCUT2D eigenvalue weighted by Gasteiger charge is 2.19. The van der Waals surface area contributed by atoms with Gasteiger partial charge in [0.25, 0.3) is 0 Å². The summed E-state index contributed by atoms with van der Waals surface area (Å²) in [5.74, 6) is 0. The van der Waals surface area contributed by atoms with Gasteiger partial charge < -0.3 is 10.6 Å². The quantitative estimate of drug-likeness (QED) is 0.771. The van der Waals surface area contributed by atoms with E-state index in [1.807, 2.05) is 18.8 Å². The van der Waals surface area contributed by atoms with E-state index >= 15 is 0 Å². The minimum Gasteiger partial charge on any atom is -0.319 e. The Morgan fingerprint density at radius 3 is 2.89 bits per heavy atom. The maximum atomic E-state index is 6.33. The molecule has 0 aliphatic carbocycles. The van der Waals surface area contributed by atoms with Gasteiger partial charge in [0.15, 0.2) is 0 Å². The van der Waals surface area contributed by atoms with Gasteiger partial charge in [-0.25, -0.2) is 0 Å². The van der Waals surface area contributed by atoms with Crippen LogP contribution in [0.15, 0.2) is 17.6 Å². The molecule has 0 aromatic carbocycles. The van der Waals surface area contributed by atoms with Gasteiger partial charge in [-0.15, -0.1) is 11.3 Å². The minimum atomic E-state index is -0.225.